The molecule has 0 atom stereocenters. The molecule has 0 radical (unpaired) electrons. The molecule has 4 heteroatoms. The molecule has 2 saturated carbocycles. The molecule has 2 aliphatic rings. The lowest BCUT2D eigenvalue weighted by Gasteiger charge is -2.21. The molecule has 0 unspecified atom stereocenters. The first kappa shape index (κ1) is 22.4. The van der Waals surface area contributed by atoms with Crippen molar-refractivity contribution in [3.05, 3.63) is 65.2 Å². The molecule has 0 spiro atoms. The molecule has 2 fully saturated rings. The summed E-state index contributed by atoms with van der Waals surface area (Å²) in [4.78, 5) is 12.3. The van der Waals surface area contributed by atoms with Crippen molar-refractivity contribution in [1.29, 1.82) is 0 Å². The van der Waals surface area contributed by atoms with Gasteiger partial charge in [0.25, 0.3) is 0 Å². The first-order valence-corrected chi connectivity index (χ1v) is 11.9. The molecule has 2 aromatic rings. The summed E-state index contributed by atoms with van der Waals surface area (Å²) in [5.74, 6) is 6.85. The Hall–Kier alpha value is -2.77. The van der Waals surface area contributed by atoms with Crippen molar-refractivity contribution in [2.75, 3.05) is 6.79 Å². The van der Waals surface area contributed by atoms with E-state index >= 15 is 0 Å². The van der Waals surface area contributed by atoms with Crippen LogP contribution in [0.15, 0.2) is 48.5 Å². The van der Waals surface area contributed by atoms with Crippen molar-refractivity contribution in [3.63, 3.8) is 0 Å². The van der Waals surface area contributed by atoms with Gasteiger partial charge in [-0.2, -0.15) is 0 Å². The van der Waals surface area contributed by atoms with Gasteiger partial charge in [-0.05, 0) is 87.1 Å². The summed E-state index contributed by atoms with van der Waals surface area (Å²) in [5.41, 5.74) is 2.35. The van der Waals surface area contributed by atoms with Gasteiger partial charge in [0.2, 0.25) is 0 Å². The Morgan fingerprint density at radius 1 is 0.719 bits per heavy atom. The Morgan fingerprint density at radius 3 is 1.84 bits per heavy atom. The highest BCUT2D eigenvalue weighted by molar-refractivity contribution is 5.89. The van der Waals surface area contributed by atoms with E-state index in [1.165, 1.54) is 25.7 Å². The number of hydrogen-bond acceptors (Lipinski definition) is 4. The predicted octanol–water partition coefficient (Wildman–Crippen LogP) is 6.26. The van der Waals surface area contributed by atoms with E-state index in [0.717, 1.165) is 55.4 Å². The van der Waals surface area contributed by atoms with Crippen molar-refractivity contribution < 1.29 is 19.0 Å². The van der Waals surface area contributed by atoms with Gasteiger partial charge >= 0.3 is 5.97 Å². The molecular formula is C28H32O4. The van der Waals surface area contributed by atoms with Crippen LogP contribution in [0.3, 0.4) is 0 Å². The van der Waals surface area contributed by atoms with Gasteiger partial charge in [0.15, 0.2) is 6.79 Å². The van der Waals surface area contributed by atoms with Crippen LogP contribution in [-0.2, 0) is 9.47 Å². The molecule has 0 bridgehead atoms. The zero-order valence-electron chi connectivity index (χ0n) is 18.7. The fourth-order valence-electron chi connectivity index (χ4n) is 4.30. The Kier molecular flexibility index (Phi) is 8.23. The van der Waals surface area contributed by atoms with Crippen molar-refractivity contribution in [2.24, 2.45) is 0 Å². The van der Waals surface area contributed by atoms with Crippen LogP contribution in [0.4, 0.5) is 0 Å². The minimum atomic E-state index is -0.237. The second kappa shape index (κ2) is 11.7. The Morgan fingerprint density at radius 2 is 1.25 bits per heavy atom. The van der Waals surface area contributed by atoms with Crippen molar-refractivity contribution in [3.8, 4) is 17.6 Å². The Labute approximate surface area is 191 Å². The minimum Gasteiger partial charge on any atom is -0.468 e. The number of hydrogen-bond donors (Lipinski definition) is 0. The molecule has 2 aliphatic carbocycles. The molecule has 32 heavy (non-hydrogen) atoms. The lowest BCUT2D eigenvalue weighted by atomic mass is 9.98. The van der Waals surface area contributed by atoms with Crippen LogP contribution < -0.4 is 4.74 Å². The molecule has 0 aromatic heterocycles. The second-order valence-corrected chi connectivity index (χ2v) is 8.71. The molecule has 0 heterocycles. The molecule has 168 valence electrons. The predicted molar refractivity (Wildman–Crippen MR) is 125 cm³/mol. The molecular weight excluding hydrogens is 400 g/mol. The van der Waals surface area contributed by atoms with Crippen molar-refractivity contribution in [2.45, 2.75) is 76.4 Å². The smallest absolute Gasteiger partial charge is 0.338 e. The van der Waals surface area contributed by atoms with Crippen LogP contribution >= 0.6 is 0 Å². The van der Waals surface area contributed by atoms with Crippen molar-refractivity contribution >= 4 is 5.97 Å². The van der Waals surface area contributed by atoms with Gasteiger partial charge in [-0.25, -0.2) is 4.79 Å². The molecule has 4 nitrogen and oxygen atoms in total. The summed E-state index contributed by atoms with van der Waals surface area (Å²) < 4.78 is 17.1. The summed E-state index contributed by atoms with van der Waals surface area (Å²) >= 11 is 0. The highest BCUT2D eigenvalue weighted by Gasteiger charge is 2.18. The van der Waals surface area contributed by atoms with E-state index in [-0.39, 0.29) is 12.1 Å². The third kappa shape index (κ3) is 6.87. The topological polar surface area (TPSA) is 44.8 Å². The Bertz CT molecular complexity index is 909. The van der Waals surface area contributed by atoms with E-state index in [9.17, 15) is 4.79 Å². The third-order valence-corrected chi connectivity index (χ3v) is 6.23. The van der Waals surface area contributed by atoms with E-state index < -0.39 is 0 Å². The molecule has 4 rings (SSSR count). The van der Waals surface area contributed by atoms with Crippen LogP contribution in [0.25, 0.3) is 0 Å². The first-order chi connectivity index (χ1) is 15.8. The maximum Gasteiger partial charge on any atom is 0.338 e. The van der Waals surface area contributed by atoms with E-state index in [1.54, 1.807) is 12.1 Å². The lowest BCUT2D eigenvalue weighted by molar-refractivity contribution is -0.0496. The normalized spacial score (nSPS) is 17.2. The maximum atomic E-state index is 12.3. The van der Waals surface area contributed by atoms with E-state index in [1.807, 2.05) is 36.4 Å². The average Bonchev–Trinajstić information content (AvgIpc) is 2.85. The monoisotopic (exact) mass is 432 g/mol. The standard InChI is InChI=1S/C28H32O4/c29-28(32-27-9-5-2-6-10-27)24-17-13-22(14-18-24)11-12-23-15-19-26(20-16-23)31-21-30-25-7-3-1-4-8-25/h13-20,25,27H,1-10,21H2. The van der Waals surface area contributed by atoms with E-state index in [0.29, 0.717) is 18.5 Å². The van der Waals surface area contributed by atoms with Crippen LogP contribution in [0.2, 0.25) is 0 Å². The van der Waals surface area contributed by atoms with Crippen molar-refractivity contribution in [1.82, 2.24) is 0 Å². The molecule has 2 aromatic carbocycles. The lowest BCUT2D eigenvalue weighted by Crippen LogP contribution is -2.20. The van der Waals surface area contributed by atoms with E-state index in [4.69, 9.17) is 14.2 Å². The van der Waals surface area contributed by atoms with Gasteiger partial charge in [-0.15, -0.1) is 0 Å². The number of carbonyl (C=O) groups is 1. The summed E-state index contributed by atoms with van der Waals surface area (Å²) in [6, 6.07) is 15.0. The fraction of sp³-hybridized carbons (Fsp3) is 0.464. The summed E-state index contributed by atoms with van der Waals surface area (Å²) in [5, 5.41) is 0. The SMILES string of the molecule is O=C(OC1CCCCC1)c1ccc(C#Cc2ccc(OCOC3CCCCC3)cc2)cc1. The average molecular weight is 433 g/mol. The molecule has 0 N–H and O–H groups in total. The highest BCUT2D eigenvalue weighted by atomic mass is 16.7. The third-order valence-electron chi connectivity index (χ3n) is 6.23. The van der Waals surface area contributed by atoms with Gasteiger partial charge in [0, 0.05) is 11.1 Å². The highest BCUT2D eigenvalue weighted by Crippen LogP contribution is 2.22. The summed E-state index contributed by atoms with van der Waals surface area (Å²) in [7, 11) is 0. The van der Waals surface area contributed by atoms with Gasteiger partial charge in [-0.3, -0.25) is 0 Å². The minimum absolute atomic E-state index is 0.0708. The molecule has 0 aliphatic heterocycles. The van der Waals surface area contributed by atoms with Crippen LogP contribution in [0.5, 0.6) is 5.75 Å². The van der Waals surface area contributed by atoms with E-state index in [2.05, 4.69) is 11.8 Å². The van der Waals surface area contributed by atoms with Crippen LogP contribution in [-0.4, -0.2) is 25.0 Å². The first-order valence-electron chi connectivity index (χ1n) is 11.9. The zero-order valence-corrected chi connectivity index (χ0v) is 18.7. The zero-order chi connectivity index (χ0) is 22.0. The van der Waals surface area contributed by atoms with Crippen LogP contribution in [0.1, 0.15) is 85.7 Å². The van der Waals surface area contributed by atoms with Gasteiger partial charge in [-0.1, -0.05) is 37.5 Å². The number of rotatable bonds is 6. The number of benzene rings is 2. The van der Waals surface area contributed by atoms with Gasteiger partial charge in [0.1, 0.15) is 11.9 Å². The quantitative estimate of drug-likeness (QED) is 0.307. The molecule has 0 amide bonds. The van der Waals surface area contributed by atoms with Crippen LogP contribution in [0, 0.1) is 11.8 Å². The number of carbonyl (C=O) groups excluding carboxylic acids is 1. The van der Waals surface area contributed by atoms with Gasteiger partial charge < -0.3 is 14.2 Å². The largest absolute Gasteiger partial charge is 0.468 e. The summed E-state index contributed by atoms with van der Waals surface area (Å²) in [6.45, 7) is 0.297. The van der Waals surface area contributed by atoms with Gasteiger partial charge in [0.05, 0.1) is 11.7 Å². The maximum absolute atomic E-state index is 12.3. The Balaban J connectivity index is 1.24. The number of esters is 1. The fourth-order valence-corrected chi connectivity index (χ4v) is 4.30. The summed E-state index contributed by atoms with van der Waals surface area (Å²) in [6.07, 6.45) is 12.0. The second-order valence-electron chi connectivity index (χ2n) is 8.71. The number of ether oxygens (including phenoxy) is 3. The molecule has 0 saturated heterocycles.